The van der Waals surface area contributed by atoms with Crippen molar-refractivity contribution in [2.75, 3.05) is 0 Å². The Morgan fingerprint density at radius 2 is 1.84 bits per heavy atom. The van der Waals surface area contributed by atoms with Gasteiger partial charge in [-0.05, 0) is 30.3 Å². The highest BCUT2D eigenvalue weighted by Gasteiger charge is 2.11. The van der Waals surface area contributed by atoms with Crippen LogP contribution in [0.3, 0.4) is 0 Å². The summed E-state index contributed by atoms with van der Waals surface area (Å²) in [5.41, 5.74) is 1.76. The summed E-state index contributed by atoms with van der Waals surface area (Å²) in [5, 5.41) is 8.94. The molecule has 5 nitrogen and oxygen atoms in total. The maximum Gasteiger partial charge on any atom is 0.335 e. The van der Waals surface area contributed by atoms with Crippen molar-refractivity contribution in [1.29, 1.82) is 0 Å². The van der Waals surface area contributed by atoms with E-state index >= 15 is 0 Å². The van der Waals surface area contributed by atoms with Crippen molar-refractivity contribution in [3.63, 3.8) is 0 Å². The predicted molar refractivity (Wildman–Crippen MR) is 70.9 cm³/mol. The molecule has 0 radical (unpaired) electrons. The zero-order valence-electron chi connectivity index (χ0n) is 9.83. The number of nitrogens with zero attached hydrogens (tertiary/aromatic N) is 1. The number of rotatable bonds is 2. The lowest BCUT2D eigenvalue weighted by Gasteiger charge is -2.02. The molecule has 1 heterocycles. The number of hydrogen-bond acceptors (Lipinski definition) is 2. The highest BCUT2D eigenvalue weighted by atomic mass is 16.4. The van der Waals surface area contributed by atoms with Crippen LogP contribution in [0.1, 0.15) is 10.4 Å². The second-order valence-electron chi connectivity index (χ2n) is 4.14. The molecule has 0 fully saturated rings. The van der Waals surface area contributed by atoms with Crippen molar-refractivity contribution in [3.8, 4) is 5.69 Å². The van der Waals surface area contributed by atoms with Crippen molar-refractivity contribution in [1.82, 2.24) is 9.55 Å². The van der Waals surface area contributed by atoms with Gasteiger partial charge in [0.05, 0.1) is 22.3 Å². The van der Waals surface area contributed by atoms with Crippen LogP contribution in [0.15, 0.2) is 53.3 Å². The van der Waals surface area contributed by atoms with E-state index < -0.39 is 5.97 Å². The summed E-state index contributed by atoms with van der Waals surface area (Å²) in [6, 6.07) is 13.8. The number of carbonyl (C=O) groups is 1. The third kappa shape index (κ3) is 1.81. The zero-order chi connectivity index (χ0) is 13.4. The lowest BCUT2D eigenvalue weighted by molar-refractivity contribution is 0.0697. The molecule has 0 saturated carbocycles. The molecule has 0 amide bonds. The van der Waals surface area contributed by atoms with E-state index in [0.717, 1.165) is 5.69 Å². The van der Waals surface area contributed by atoms with Gasteiger partial charge in [-0.15, -0.1) is 0 Å². The minimum atomic E-state index is -1.02. The SMILES string of the molecule is O=C(O)c1ccc2c(c1)[nH]c(=O)n2-c1ccccc1. The molecule has 0 spiro atoms. The fourth-order valence-electron chi connectivity index (χ4n) is 2.08. The molecule has 19 heavy (non-hydrogen) atoms. The van der Waals surface area contributed by atoms with Crippen molar-refractivity contribution >= 4 is 17.0 Å². The Kier molecular flexibility index (Phi) is 2.45. The highest BCUT2D eigenvalue weighted by molar-refractivity contribution is 5.92. The topological polar surface area (TPSA) is 75.1 Å². The summed E-state index contributed by atoms with van der Waals surface area (Å²) in [5.74, 6) is -1.02. The van der Waals surface area contributed by atoms with Gasteiger partial charge >= 0.3 is 11.7 Å². The van der Waals surface area contributed by atoms with Crippen LogP contribution in [0.2, 0.25) is 0 Å². The number of carboxylic acids is 1. The molecule has 2 aromatic carbocycles. The Morgan fingerprint density at radius 1 is 1.11 bits per heavy atom. The first-order chi connectivity index (χ1) is 9.16. The summed E-state index contributed by atoms with van der Waals surface area (Å²) in [7, 11) is 0. The van der Waals surface area contributed by atoms with Crippen LogP contribution >= 0.6 is 0 Å². The van der Waals surface area contributed by atoms with Gasteiger partial charge in [-0.1, -0.05) is 18.2 Å². The van der Waals surface area contributed by atoms with E-state index in [1.165, 1.54) is 16.7 Å². The molecule has 0 atom stereocenters. The van der Waals surface area contributed by atoms with Gasteiger partial charge in [0.15, 0.2) is 0 Å². The number of carboxylic acid groups (broad SMARTS) is 1. The molecule has 2 N–H and O–H groups in total. The van der Waals surface area contributed by atoms with E-state index in [1.54, 1.807) is 6.07 Å². The van der Waals surface area contributed by atoms with Gasteiger partial charge in [0.25, 0.3) is 0 Å². The maximum absolute atomic E-state index is 12.0. The monoisotopic (exact) mass is 254 g/mol. The standard InChI is InChI=1S/C14H10N2O3/c17-13(18)9-6-7-12-11(8-9)15-14(19)16(12)10-4-2-1-3-5-10/h1-8H,(H,15,19)(H,17,18). The number of benzene rings is 2. The first-order valence-corrected chi connectivity index (χ1v) is 5.70. The van der Waals surface area contributed by atoms with Crippen LogP contribution < -0.4 is 5.69 Å². The van der Waals surface area contributed by atoms with Crippen LogP contribution in [-0.2, 0) is 0 Å². The molecule has 0 unspecified atom stereocenters. The smallest absolute Gasteiger partial charge is 0.335 e. The first-order valence-electron chi connectivity index (χ1n) is 5.70. The highest BCUT2D eigenvalue weighted by Crippen LogP contribution is 2.16. The fraction of sp³-hybridized carbons (Fsp3) is 0. The molecule has 0 aliphatic heterocycles. The third-order valence-electron chi connectivity index (χ3n) is 2.94. The minimum absolute atomic E-state index is 0.147. The lowest BCUT2D eigenvalue weighted by atomic mass is 10.2. The lowest BCUT2D eigenvalue weighted by Crippen LogP contribution is -2.14. The van der Waals surface area contributed by atoms with Gasteiger partial charge in [0.1, 0.15) is 0 Å². The van der Waals surface area contributed by atoms with Crippen molar-refractivity contribution in [3.05, 3.63) is 64.6 Å². The second kappa shape index (κ2) is 4.13. The molecule has 94 valence electrons. The average Bonchev–Trinajstić information content (AvgIpc) is 2.74. The fourth-order valence-corrected chi connectivity index (χ4v) is 2.08. The van der Waals surface area contributed by atoms with Crippen LogP contribution in [0.5, 0.6) is 0 Å². The number of H-pyrrole nitrogens is 1. The molecule has 5 heteroatoms. The number of fused-ring (bicyclic) bond motifs is 1. The molecule has 1 aromatic heterocycles. The Morgan fingerprint density at radius 3 is 2.53 bits per heavy atom. The molecule has 0 aliphatic rings. The number of nitrogens with one attached hydrogen (secondary N) is 1. The van der Waals surface area contributed by atoms with Crippen LogP contribution in [0, 0.1) is 0 Å². The Labute approximate surface area is 107 Å². The Bertz CT molecular complexity index is 816. The van der Waals surface area contributed by atoms with E-state index in [9.17, 15) is 9.59 Å². The van der Waals surface area contributed by atoms with Gasteiger partial charge in [-0.3, -0.25) is 4.57 Å². The second-order valence-corrected chi connectivity index (χ2v) is 4.14. The number of aromatic nitrogens is 2. The van der Waals surface area contributed by atoms with Crippen molar-refractivity contribution in [2.24, 2.45) is 0 Å². The molecule has 3 aromatic rings. The summed E-state index contributed by atoms with van der Waals surface area (Å²) in [6.45, 7) is 0. The minimum Gasteiger partial charge on any atom is -0.478 e. The predicted octanol–water partition coefficient (Wildman–Crippen LogP) is 2.02. The largest absolute Gasteiger partial charge is 0.478 e. The molecular formula is C14H10N2O3. The quantitative estimate of drug-likeness (QED) is 0.734. The van der Waals surface area contributed by atoms with E-state index in [2.05, 4.69) is 4.98 Å². The molecule has 0 bridgehead atoms. The average molecular weight is 254 g/mol. The maximum atomic E-state index is 12.0. The summed E-state index contributed by atoms with van der Waals surface area (Å²) in [4.78, 5) is 25.6. The Balaban J connectivity index is 2.30. The number of para-hydroxylation sites is 1. The number of aromatic carboxylic acids is 1. The van der Waals surface area contributed by atoms with Gasteiger partial charge in [-0.25, -0.2) is 9.59 Å². The first kappa shape index (κ1) is 11.3. The van der Waals surface area contributed by atoms with Gasteiger partial charge in [0, 0.05) is 0 Å². The van der Waals surface area contributed by atoms with Crippen LogP contribution in [-0.4, -0.2) is 20.6 Å². The molecular weight excluding hydrogens is 244 g/mol. The van der Waals surface area contributed by atoms with Gasteiger partial charge in [-0.2, -0.15) is 0 Å². The van der Waals surface area contributed by atoms with Crippen molar-refractivity contribution < 1.29 is 9.90 Å². The zero-order valence-corrected chi connectivity index (χ0v) is 9.83. The van der Waals surface area contributed by atoms with Gasteiger partial charge in [0.2, 0.25) is 0 Å². The summed E-state index contributed by atoms with van der Waals surface area (Å²) in [6.07, 6.45) is 0. The molecule has 3 rings (SSSR count). The van der Waals surface area contributed by atoms with E-state index in [1.807, 2.05) is 30.3 Å². The van der Waals surface area contributed by atoms with E-state index in [-0.39, 0.29) is 11.3 Å². The van der Waals surface area contributed by atoms with Gasteiger partial charge < -0.3 is 10.1 Å². The molecule has 0 saturated heterocycles. The van der Waals surface area contributed by atoms with Crippen molar-refractivity contribution in [2.45, 2.75) is 0 Å². The Hall–Kier alpha value is -2.82. The molecule has 0 aliphatic carbocycles. The number of hydrogen-bond donors (Lipinski definition) is 2. The summed E-state index contributed by atoms with van der Waals surface area (Å²) >= 11 is 0. The van der Waals surface area contributed by atoms with Crippen LogP contribution in [0.4, 0.5) is 0 Å². The summed E-state index contributed by atoms with van der Waals surface area (Å²) < 4.78 is 1.51. The normalized spacial score (nSPS) is 10.7. The number of aromatic amines is 1. The van der Waals surface area contributed by atoms with E-state index in [0.29, 0.717) is 11.0 Å². The number of imidazole rings is 1. The van der Waals surface area contributed by atoms with Crippen LogP contribution in [0.25, 0.3) is 16.7 Å². The van der Waals surface area contributed by atoms with E-state index in [4.69, 9.17) is 5.11 Å². The third-order valence-corrected chi connectivity index (χ3v) is 2.94.